The lowest BCUT2D eigenvalue weighted by molar-refractivity contribution is -0.0556. The van der Waals surface area contributed by atoms with E-state index in [0.29, 0.717) is 0 Å². The normalized spacial score (nSPS) is 29.1. The van der Waals surface area contributed by atoms with E-state index in [4.69, 9.17) is 14.2 Å². The van der Waals surface area contributed by atoms with Crippen LogP contribution in [0.4, 0.5) is 0 Å². The number of nitrogens with zero attached hydrogens (tertiary/aromatic N) is 3. The van der Waals surface area contributed by atoms with E-state index in [0.717, 1.165) is 0 Å². The molecule has 3 rings (SSSR count). The summed E-state index contributed by atoms with van der Waals surface area (Å²) >= 11 is 0. The Bertz CT molecular complexity index is 759. The molecule has 22 heavy (non-hydrogen) atoms. The van der Waals surface area contributed by atoms with Gasteiger partial charge in [-0.15, -0.1) is 9.42 Å². The van der Waals surface area contributed by atoms with Crippen molar-refractivity contribution in [3.05, 3.63) is 34.9 Å². The number of imidazole rings is 1. The molecule has 0 amide bonds. The van der Waals surface area contributed by atoms with E-state index in [2.05, 4.69) is 4.98 Å². The molecule has 1 unspecified atom stereocenters. The van der Waals surface area contributed by atoms with Gasteiger partial charge in [-0.05, 0) is 0 Å². The fraction of sp³-hybridized carbons (Fsp3) is 0.500. The summed E-state index contributed by atoms with van der Waals surface area (Å²) in [7, 11) is -2.83. The minimum Gasteiger partial charge on any atom is -0.394 e. The second-order valence-electron chi connectivity index (χ2n) is 5.07. The molecule has 2 aromatic rings. The van der Waals surface area contributed by atoms with Crippen molar-refractivity contribution in [2.24, 2.45) is 5.92 Å². The first-order chi connectivity index (χ1) is 10.5. The van der Waals surface area contributed by atoms with E-state index in [1.807, 2.05) is 0 Å². The minimum absolute atomic E-state index is 0.207. The van der Waals surface area contributed by atoms with Crippen LogP contribution < -0.4 is 5.43 Å². The van der Waals surface area contributed by atoms with Crippen LogP contribution >= 0.6 is 8.25 Å². The van der Waals surface area contributed by atoms with Crippen LogP contribution in [0, 0.1) is 5.92 Å². The fourth-order valence-corrected chi connectivity index (χ4v) is 3.19. The molecule has 10 heteroatoms. The molecular weight excluding hydrogens is 313 g/mol. The van der Waals surface area contributed by atoms with Crippen LogP contribution in [0.5, 0.6) is 0 Å². The van der Waals surface area contributed by atoms with Crippen molar-refractivity contribution in [2.45, 2.75) is 25.4 Å². The van der Waals surface area contributed by atoms with Crippen molar-refractivity contribution in [3.63, 3.8) is 0 Å². The summed E-state index contributed by atoms with van der Waals surface area (Å²) in [5, 5.41) is 9.38. The quantitative estimate of drug-likeness (QED) is 0.762. The molecule has 5 atom stereocenters. The van der Waals surface area contributed by atoms with Gasteiger partial charge in [-0.3, -0.25) is 9.48 Å². The van der Waals surface area contributed by atoms with Crippen LogP contribution in [0.15, 0.2) is 29.5 Å². The topological polar surface area (TPSA) is 115 Å². The maximum atomic E-state index is 11.8. The molecule has 1 aliphatic rings. The Morgan fingerprint density at radius 1 is 1.50 bits per heavy atom. The first kappa shape index (κ1) is 15.3. The van der Waals surface area contributed by atoms with Gasteiger partial charge in [0.15, 0.2) is 18.0 Å². The maximum Gasteiger partial charge on any atom is 0.695 e. The number of aliphatic hydroxyl groups excluding tert-OH is 1. The van der Waals surface area contributed by atoms with Crippen molar-refractivity contribution < 1.29 is 23.8 Å². The van der Waals surface area contributed by atoms with E-state index in [-0.39, 0.29) is 23.6 Å². The van der Waals surface area contributed by atoms with Crippen LogP contribution in [0.3, 0.4) is 0 Å². The Morgan fingerprint density at radius 2 is 2.27 bits per heavy atom. The molecule has 0 radical (unpaired) electrons. The van der Waals surface area contributed by atoms with E-state index >= 15 is 0 Å². The Kier molecular flexibility index (Phi) is 4.07. The molecule has 9 nitrogen and oxygen atoms in total. The summed E-state index contributed by atoms with van der Waals surface area (Å²) < 4.78 is 24.9. The monoisotopic (exact) mass is 328 g/mol. The third-order valence-electron chi connectivity index (χ3n) is 3.82. The molecule has 0 spiro atoms. The van der Waals surface area contributed by atoms with Crippen LogP contribution in [0.25, 0.3) is 5.65 Å². The number of hydrogen-bond donors (Lipinski definition) is 2. The van der Waals surface area contributed by atoms with Gasteiger partial charge in [-0.1, -0.05) is 6.92 Å². The van der Waals surface area contributed by atoms with Crippen molar-refractivity contribution in [2.75, 3.05) is 6.61 Å². The second kappa shape index (κ2) is 5.86. The lowest BCUT2D eigenvalue weighted by Gasteiger charge is -2.20. The molecule has 1 saturated heterocycles. The Hall–Kier alpha value is -1.64. The maximum absolute atomic E-state index is 11.8. The predicted octanol–water partition coefficient (Wildman–Crippen LogP) is 0.0567. The van der Waals surface area contributed by atoms with Gasteiger partial charge in [0, 0.05) is 35.1 Å². The Balaban J connectivity index is 2.07. The summed E-state index contributed by atoms with van der Waals surface area (Å²) in [5.74, 6) is -0.306. The summed E-state index contributed by atoms with van der Waals surface area (Å²) in [5.41, 5.74) is -0.0463. The van der Waals surface area contributed by atoms with Gasteiger partial charge >= 0.3 is 8.25 Å². The summed E-state index contributed by atoms with van der Waals surface area (Å²) in [6, 6.07) is 1.33. The number of rotatable bonds is 4. The zero-order valence-corrected chi connectivity index (χ0v) is 12.5. The van der Waals surface area contributed by atoms with Gasteiger partial charge in [-0.2, -0.15) is 0 Å². The summed E-state index contributed by atoms with van der Waals surface area (Å²) in [4.78, 5) is 24.8. The van der Waals surface area contributed by atoms with E-state index in [1.165, 1.54) is 23.0 Å². The molecule has 0 aliphatic carbocycles. The number of aliphatic hydroxyl groups is 1. The second-order valence-corrected chi connectivity index (χ2v) is 5.76. The molecule has 0 bridgehead atoms. The summed E-state index contributed by atoms with van der Waals surface area (Å²) in [6.07, 6.45) is 2.48. The molecule has 2 aromatic heterocycles. The highest BCUT2D eigenvalue weighted by Crippen LogP contribution is 2.39. The molecular formula is C12H15N3O6P+. The van der Waals surface area contributed by atoms with Crippen molar-refractivity contribution in [3.8, 4) is 0 Å². The predicted molar refractivity (Wildman–Crippen MR) is 74.3 cm³/mol. The van der Waals surface area contributed by atoms with Gasteiger partial charge in [-0.25, -0.2) is 9.50 Å². The lowest BCUT2D eigenvalue weighted by atomic mass is 10.0. The van der Waals surface area contributed by atoms with Crippen molar-refractivity contribution >= 4 is 13.9 Å². The zero-order chi connectivity index (χ0) is 15.9. The van der Waals surface area contributed by atoms with Gasteiger partial charge in [0.25, 0.3) is 0 Å². The Morgan fingerprint density at radius 3 is 2.95 bits per heavy atom. The third kappa shape index (κ3) is 2.47. The van der Waals surface area contributed by atoms with Crippen LogP contribution in [0.1, 0.15) is 13.2 Å². The van der Waals surface area contributed by atoms with Crippen LogP contribution in [0.2, 0.25) is 0 Å². The van der Waals surface area contributed by atoms with E-state index in [9.17, 15) is 14.5 Å². The molecule has 0 aromatic carbocycles. The third-order valence-corrected chi connectivity index (χ3v) is 4.25. The van der Waals surface area contributed by atoms with E-state index < -0.39 is 26.7 Å². The SMILES string of the molecule is C[C@H]1[C@@H](O[P+](=O)O)[C@H](n2ccc(=O)c3nccn32)O[C@@H]1CO. The smallest absolute Gasteiger partial charge is 0.394 e. The first-order valence-corrected chi connectivity index (χ1v) is 7.79. The van der Waals surface area contributed by atoms with Gasteiger partial charge in [0.05, 0.1) is 12.7 Å². The molecule has 118 valence electrons. The summed E-state index contributed by atoms with van der Waals surface area (Å²) in [6.45, 7) is 1.52. The zero-order valence-electron chi connectivity index (χ0n) is 11.6. The molecule has 0 saturated carbocycles. The molecule has 1 aliphatic heterocycles. The molecule has 1 fully saturated rings. The Labute approximate surface area is 125 Å². The van der Waals surface area contributed by atoms with Crippen molar-refractivity contribution in [1.82, 2.24) is 14.2 Å². The van der Waals surface area contributed by atoms with E-state index in [1.54, 1.807) is 17.8 Å². The van der Waals surface area contributed by atoms with Gasteiger partial charge in [0.2, 0.25) is 5.43 Å². The van der Waals surface area contributed by atoms with Crippen molar-refractivity contribution in [1.29, 1.82) is 0 Å². The van der Waals surface area contributed by atoms with Gasteiger partial charge in [0.1, 0.15) is 0 Å². The highest BCUT2D eigenvalue weighted by molar-refractivity contribution is 7.32. The molecule has 3 heterocycles. The molecule has 2 N–H and O–H groups in total. The fourth-order valence-electron chi connectivity index (χ4n) is 2.68. The number of fused-ring (bicyclic) bond motifs is 1. The number of hydrogen-bond acceptors (Lipinski definition) is 6. The van der Waals surface area contributed by atoms with Gasteiger partial charge < -0.3 is 9.84 Å². The average molecular weight is 328 g/mol. The van der Waals surface area contributed by atoms with Crippen LogP contribution in [-0.2, 0) is 13.8 Å². The standard InChI is InChI=1S/C12H14N3O6P/c1-7-9(6-16)20-12(10(7)21-22(18)19)15-4-2-8(17)11-13-3-5-14(11)15/h2-5,7,9-10,12,16H,6H2,1H3/p+1/t7-,9-,10-,12-/m1/s1. The largest absolute Gasteiger partial charge is 0.695 e. The highest BCUT2D eigenvalue weighted by atomic mass is 31.1. The first-order valence-electron chi connectivity index (χ1n) is 6.66. The highest BCUT2D eigenvalue weighted by Gasteiger charge is 2.48. The minimum atomic E-state index is -2.83. The number of aromatic nitrogens is 3. The number of ether oxygens (including phenoxy) is 1. The average Bonchev–Trinajstić information content (AvgIpc) is 3.07. The lowest BCUT2D eigenvalue weighted by Crippen LogP contribution is -2.29. The van der Waals surface area contributed by atoms with Crippen LogP contribution in [-0.4, -0.2) is 43.0 Å².